The number of nitriles is 1. The van der Waals surface area contributed by atoms with Crippen molar-refractivity contribution in [1.29, 1.82) is 5.26 Å². The molecule has 1 aliphatic heterocycles. The van der Waals surface area contributed by atoms with Gasteiger partial charge in [0.05, 0.1) is 17.3 Å². The summed E-state index contributed by atoms with van der Waals surface area (Å²) in [5.74, 6) is 0.573. The van der Waals surface area contributed by atoms with Crippen molar-refractivity contribution in [3.05, 3.63) is 53.9 Å². The fourth-order valence-electron chi connectivity index (χ4n) is 3.34. The van der Waals surface area contributed by atoms with E-state index in [1.807, 2.05) is 18.2 Å². The molecule has 0 saturated carbocycles. The van der Waals surface area contributed by atoms with Crippen LogP contribution < -0.4 is 0 Å². The van der Waals surface area contributed by atoms with Gasteiger partial charge in [0.15, 0.2) is 11.4 Å². The zero-order chi connectivity index (χ0) is 17.4. The van der Waals surface area contributed by atoms with Crippen molar-refractivity contribution in [1.82, 2.24) is 19.5 Å². The van der Waals surface area contributed by atoms with Crippen LogP contribution in [0.15, 0.2) is 42.7 Å². The Balaban J connectivity index is 1.71. The Labute approximate surface area is 145 Å². The maximum absolute atomic E-state index is 12.7. The number of hydrogen-bond donors (Lipinski definition) is 0. The molecule has 1 aromatic carbocycles. The Hall–Kier alpha value is -3.04. The van der Waals surface area contributed by atoms with Gasteiger partial charge in [-0.1, -0.05) is 12.1 Å². The van der Waals surface area contributed by atoms with Gasteiger partial charge in [-0.05, 0) is 37.2 Å². The van der Waals surface area contributed by atoms with E-state index in [1.54, 1.807) is 22.7 Å². The van der Waals surface area contributed by atoms with E-state index in [9.17, 15) is 4.79 Å². The van der Waals surface area contributed by atoms with Crippen molar-refractivity contribution in [2.24, 2.45) is 5.92 Å². The van der Waals surface area contributed by atoms with Gasteiger partial charge in [0.1, 0.15) is 6.33 Å². The summed E-state index contributed by atoms with van der Waals surface area (Å²) in [5, 5.41) is 13.2. The highest BCUT2D eigenvalue weighted by Gasteiger charge is 2.26. The Morgan fingerprint density at radius 1 is 1.28 bits per heavy atom. The first-order valence-corrected chi connectivity index (χ1v) is 8.20. The molecule has 3 heterocycles. The number of nitrogens with zero attached hydrogens (tertiary/aromatic N) is 5. The summed E-state index contributed by atoms with van der Waals surface area (Å²) >= 11 is 0. The van der Waals surface area contributed by atoms with E-state index in [2.05, 4.69) is 28.1 Å². The summed E-state index contributed by atoms with van der Waals surface area (Å²) < 4.78 is 1.72. The number of pyridine rings is 1. The van der Waals surface area contributed by atoms with Gasteiger partial charge in [0, 0.05) is 30.6 Å². The van der Waals surface area contributed by atoms with E-state index in [-0.39, 0.29) is 5.78 Å². The van der Waals surface area contributed by atoms with Crippen LogP contribution in [0.2, 0.25) is 0 Å². The van der Waals surface area contributed by atoms with Crippen molar-refractivity contribution < 1.29 is 4.79 Å². The minimum atomic E-state index is 0.137. The third-order valence-electron chi connectivity index (χ3n) is 4.62. The lowest BCUT2D eigenvalue weighted by atomic mass is 9.92. The topological polar surface area (TPSA) is 74.3 Å². The summed E-state index contributed by atoms with van der Waals surface area (Å²) in [7, 11) is 2.06. The van der Waals surface area contributed by atoms with Crippen LogP contribution in [0.5, 0.6) is 0 Å². The predicted octanol–water partition coefficient (Wildman–Crippen LogP) is 2.40. The second kappa shape index (κ2) is 6.11. The molecule has 0 bridgehead atoms. The first-order chi connectivity index (χ1) is 12.1. The molecule has 0 radical (unpaired) electrons. The highest BCUT2D eigenvalue weighted by atomic mass is 16.1. The maximum Gasteiger partial charge on any atom is 0.163 e. The highest BCUT2D eigenvalue weighted by Crippen LogP contribution is 2.25. The number of hydrogen-bond acceptors (Lipinski definition) is 5. The summed E-state index contributed by atoms with van der Waals surface area (Å²) in [6.45, 7) is 1.95. The van der Waals surface area contributed by atoms with E-state index in [4.69, 9.17) is 5.26 Å². The molecule has 0 spiro atoms. The molecule has 0 amide bonds. The van der Waals surface area contributed by atoms with Crippen molar-refractivity contribution in [2.75, 3.05) is 20.1 Å². The molecule has 0 unspecified atom stereocenters. The molecule has 0 N–H and O–H groups in total. The van der Waals surface area contributed by atoms with Crippen LogP contribution in [0.4, 0.5) is 0 Å². The molecule has 4 rings (SSSR count). The predicted molar refractivity (Wildman–Crippen MR) is 93.1 cm³/mol. The minimum absolute atomic E-state index is 0.137. The van der Waals surface area contributed by atoms with Gasteiger partial charge in [0.2, 0.25) is 0 Å². The normalized spacial score (nSPS) is 15.0. The summed E-state index contributed by atoms with van der Waals surface area (Å²) in [6.07, 6.45) is 2.04. The Bertz CT molecular complexity index is 977. The molecular formula is C19H17N5O. The molecule has 0 aliphatic carbocycles. The Morgan fingerprint density at radius 3 is 2.72 bits per heavy atom. The SMILES string of the molecule is CN1CC(CC(=O)c2cc(-c3ccc(C#N)cc3)n3ncnc3c2)C1. The maximum atomic E-state index is 12.7. The number of carbonyl (C=O) groups is 1. The summed E-state index contributed by atoms with van der Waals surface area (Å²) in [5.41, 5.74) is 3.60. The molecule has 25 heavy (non-hydrogen) atoms. The highest BCUT2D eigenvalue weighted by molar-refractivity contribution is 5.98. The second-order valence-corrected chi connectivity index (χ2v) is 6.56. The largest absolute Gasteiger partial charge is 0.306 e. The monoisotopic (exact) mass is 331 g/mol. The van der Waals surface area contributed by atoms with Gasteiger partial charge in [-0.2, -0.15) is 10.4 Å². The van der Waals surface area contributed by atoms with Gasteiger partial charge in [0.25, 0.3) is 0 Å². The number of Topliss-reactive ketones (excluding diaryl/α,β-unsaturated/α-hetero) is 1. The summed E-state index contributed by atoms with van der Waals surface area (Å²) in [6, 6.07) is 13.0. The van der Waals surface area contributed by atoms with Gasteiger partial charge in [-0.25, -0.2) is 9.50 Å². The van der Waals surface area contributed by atoms with E-state index >= 15 is 0 Å². The summed E-state index contributed by atoms with van der Waals surface area (Å²) in [4.78, 5) is 19.1. The number of fused-ring (bicyclic) bond motifs is 1. The third-order valence-corrected chi connectivity index (χ3v) is 4.62. The van der Waals surface area contributed by atoms with Crippen LogP contribution in [-0.2, 0) is 0 Å². The molecule has 0 atom stereocenters. The number of rotatable bonds is 4. The first kappa shape index (κ1) is 15.5. The van der Waals surface area contributed by atoms with E-state index in [0.717, 1.165) is 24.3 Å². The van der Waals surface area contributed by atoms with Gasteiger partial charge in [-0.3, -0.25) is 4.79 Å². The Kier molecular flexibility index (Phi) is 3.79. The number of carbonyl (C=O) groups excluding carboxylic acids is 1. The van der Waals surface area contributed by atoms with Crippen molar-refractivity contribution >= 4 is 11.4 Å². The zero-order valence-corrected chi connectivity index (χ0v) is 13.9. The van der Waals surface area contributed by atoms with E-state index in [1.165, 1.54) is 6.33 Å². The molecule has 1 saturated heterocycles. The number of aromatic nitrogens is 3. The lowest BCUT2D eigenvalue weighted by molar-refractivity contribution is 0.0835. The fraction of sp³-hybridized carbons (Fsp3) is 0.263. The second-order valence-electron chi connectivity index (χ2n) is 6.56. The lowest BCUT2D eigenvalue weighted by Crippen LogP contribution is -2.44. The van der Waals surface area contributed by atoms with Crippen LogP contribution in [0.3, 0.4) is 0 Å². The number of benzene rings is 1. The van der Waals surface area contributed by atoms with Gasteiger partial charge >= 0.3 is 0 Å². The average Bonchev–Trinajstić information content (AvgIpc) is 3.08. The van der Waals surface area contributed by atoms with Crippen molar-refractivity contribution in [2.45, 2.75) is 6.42 Å². The smallest absolute Gasteiger partial charge is 0.163 e. The van der Waals surface area contributed by atoms with Crippen molar-refractivity contribution in [3.8, 4) is 17.3 Å². The van der Waals surface area contributed by atoms with E-state index < -0.39 is 0 Å². The van der Waals surface area contributed by atoms with Crippen LogP contribution >= 0.6 is 0 Å². The molecule has 6 heteroatoms. The fourth-order valence-corrected chi connectivity index (χ4v) is 3.34. The van der Waals surface area contributed by atoms with Crippen LogP contribution in [-0.4, -0.2) is 45.4 Å². The zero-order valence-electron chi connectivity index (χ0n) is 13.9. The third kappa shape index (κ3) is 2.90. The average molecular weight is 331 g/mol. The lowest BCUT2D eigenvalue weighted by Gasteiger charge is -2.35. The molecule has 3 aromatic rings. The van der Waals surface area contributed by atoms with E-state index in [0.29, 0.717) is 29.1 Å². The molecule has 1 fully saturated rings. The van der Waals surface area contributed by atoms with Crippen LogP contribution in [0, 0.1) is 17.2 Å². The number of likely N-dealkylation sites (tertiary alicyclic amines) is 1. The quantitative estimate of drug-likeness (QED) is 0.686. The van der Waals surface area contributed by atoms with Crippen LogP contribution in [0.25, 0.3) is 16.9 Å². The van der Waals surface area contributed by atoms with Gasteiger partial charge in [-0.15, -0.1) is 0 Å². The first-order valence-electron chi connectivity index (χ1n) is 8.20. The Morgan fingerprint density at radius 2 is 2.04 bits per heavy atom. The minimum Gasteiger partial charge on any atom is -0.306 e. The standard InChI is InChI=1S/C19H17N5O/c1-23-10-14(11-23)6-18(25)16-7-17(24-19(8-16)21-12-22-24)15-4-2-13(9-20)3-5-15/h2-5,7-8,12,14H,6,10-11H2,1H3. The molecule has 124 valence electrons. The van der Waals surface area contributed by atoms with Gasteiger partial charge < -0.3 is 4.90 Å². The van der Waals surface area contributed by atoms with Crippen molar-refractivity contribution in [3.63, 3.8) is 0 Å². The van der Waals surface area contributed by atoms with Crippen LogP contribution in [0.1, 0.15) is 22.3 Å². The molecule has 2 aromatic heterocycles. The number of ketones is 1. The molecule has 1 aliphatic rings. The molecular weight excluding hydrogens is 314 g/mol. The molecule has 6 nitrogen and oxygen atoms in total.